The van der Waals surface area contributed by atoms with Crippen molar-refractivity contribution in [1.82, 2.24) is 0 Å². The Kier molecular flexibility index (Phi) is 4.14. The van der Waals surface area contributed by atoms with Crippen LogP contribution in [0.2, 0.25) is 0 Å². The number of methoxy groups -OCH3 is 1. The third-order valence-corrected chi connectivity index (χ3v) is 8.68. The number of aliphatic hydroxyl groups excluding tert-OH is 2. The van der Waals surface area contributed by atoms with Crippen LogP contribution in [-0.4, -0.2) is 36.1 Å². The van der Waals surface area contributed by atoms with Gasteiger partial charge >= 0.3 is 0 Å². The van der Waals surface area contributed by atoms with Gasteiger partial charge in [-0.05, 0) is 78.9 Å². The van der Waals surface area contributed by atoms with Crippen molar-refractivity contribution in [2.24, 2.45) is 40.4 Å². The smallest absolute Gasteiger partial charge is 0.0724 e. The molecule has 9 atom stereocenters. The first-order valence-electron chi connectivity index (χ1n) is 9.94. The second kappa shape index (κ2) is 5.82. The van der Waals surface area contributed by atoms with E-state index in [0.717, 1.165) is 25.9 Å². The first-order valence-corrected chi connectivity index (χ1v) is 9.94. The predicted molar refractivity (Wildman–Crippen MR) is 94.4 cm³/mol. The Bertz CT molecular complexity index is 517. The zero-order valence-corrected chi connectivity index (χ0v) is 15.4. The number of fused-ring (bicyclic) bond motifs is 5. The summed E-state index contributed by atoms with van der Waals surface area (Å²) in [5.41, 5.74) is 0.306. The highest BCUT2D eigenvalue weighted by molar-refractivity contribution is 5.18. The van der Waals surface area contributed by atoms with Crippen molar-refractivity contribution < 1.29 is 14.9 Å². The summed E-state index contributed by atoms with van der Waals surface area (Å²) in [6.07, 6.45) is 10.6. The molecule has 3 heteroatoms. The van der Waals surface area contributed by atoms with Gasteiger partial charge in [0.25, 0.3) is 0 Å². The summed E-state index contributed by atoms with van der Waals surface area (Å²) in [6.45, 7) is 5.58. The van der Waals surface area contributed by atoms with Gasteiger partial charge in [-0.3, -0.25) is 0 Å². The number of hydrogen-bond acceptors (Lipinski definition) is 3. The molecule has 0 amide bonds. The van der Waals surface area contributed by atoms with Gasteiger partial charge in [0.15, 0.2) is 0 Å². The van der Waals surface area contributed by atoms with Gasteiger partial charge in [-0.2, -0.15) is 0 Å². The third-order valence-electron chi connectivity index (χ3n) is 8.68. The topological polar surface area (TPSA) is 49.7 Å². The summed E-state index contributed by atoms with van der Waals surface area (Å²) < 4.78 is 5.59. The molecule has 0 saturated heterocycles. The lowest BCUT2D eigenvalue weighted by Crippen LogP contribution is -2.56. The summed E-state index contributed by atoms with van der Waals surface area (Å²) >= 11 is 0. The lowest BCUT2D eigenvalue weighted by Gasteiger charge is -2.61. The molecular formula is C21H34O3. The number of ether oxygens (including phenoxy) is 1. The molecule has 3 nitrogen and oxygen atoms in total. The molecule has 0 radical (unpaired) electrons. The fourth-order valence-corrected chi connectivity index (χ4v) is 7.41. The molecular weight excluding hydrogens is 300 g/mol. The average molecular weight is 335 g/mol. The number of allylic oxidation sites excluding steroid dienone is 1. The average Bonchev–Trinajstić information content (AvgIpc) is 2.85. The highest BCUT2D eigenvalue weighted by atomic mass is 16.5. The van der Waals surface area contributed by atoms with E-state index in [-0.39, 0.29) is 23.0 Å². The Labute approximate surface area is 146 Å². The second-order valence-corrected chi connectivity index (χ2v) is 9.60. The van der Waals surface area contributed by atoms with E-state index >= 15 is 0 Å². The summed E-state index contributed by atoms with van der Waals surface area (Å²) in [5, 5.41) is 20.8. The van der Waals surface area contributed by atoms with Crippen LogP contribution in [0.5, 0.6) is 0 Å². The summed E-state index contributed by atoms with van der Waals surface area (Å²) in [6, 6.07) is 0. The zero-order chi connectivity index (χ0) is 17.1. The lowest BCUT2D eigenvalue weighted by molar-refractivity contribution is -0.129. The summed E-state index contributed by atoms with van der Waals surface area (Å²) in [7, 11) is 1.81. The first kappa shape index (κ1) is 17.1. The monoisotopic (exact) mass is 334 g/mol. The molecule has 0 aromatic carbocycles. The Balaban J connectivity index is 1.70. The van der Waals surface area contributed by atoms with Crippen molar-refractivity contribution >= 4 is 0 Å². The standard InChI is InChI=1S/C21H34O3/c1-20-8-6-14(22)11-18(20)13(12-24-3)10-15-16-4-5-19(23)21(16,2)9-7-17(15)20/h6,8,13-19,22-23H,4-5,7,9-12H2,1-3H3. The van der Waals surface area contributed by atoms with E-state index in [0.29, 0.717) is 29.6 Å². The molecule has 2 N–H and O–H groups in total. The van der Waals surface area contributed by atoms with Gasteiger partial charge in [0, 0.05) is 13.7 Å². The van der Waals surface area contributed by atoms with E-state index in [1.165, 1.54) is 19.3 Å². The summed E-state index contributed by atoms with van der Waals surface area (Å²) in [5.74, 6) is 3.10. The minimum Gasteiger partial charge on any atom is -0.393 e. The minimum absolute atomic E-state index is 0.112. The second-order valence-electron chi connectivity index (χ2n) is 9.60. The minimum atomic E-state index is -0.291. The molecule has 9 unspecified atom stereocenters. The maximum atomic E-state index is 10.6. The predicted octanol–water partition coefficient (Wildman–Crippen LogP) is 3.40. The van der Waals surface area contributed by atoms with Crippen LogP contribution in [-0.2, 0) is 4.74 Å². The van der Waals surface area contributed by atoms with Crippen LogP contribution in [0.15, 0.2) is 12.2 Å². The van der Waals surface area contributed by atoms with Gasteiger partial charge < -0.3 is 14.9 Å². The Morgan fingerprint density at radius 3 is 2.58 bits per heavy atom. The van der Waals surface area contributed by atoms with Crippen LogP contribution >= 0.6 is 0 Å². The quantitative estimate of drug-likeness (QED) is 0.761. The van der Waals surface area contributed by atoms with Crippen molar-refractivity contribution in [1.29, 1.82) is 0 Å². The third kappa shape index (κ3) is 2.27. The Morgan fingerprint density at radius 2 is 1.83 bits per heavy atom. The van der Waals surface area contributed by atoms with Gasteiger partial charge in [-0.15, -0.1) is 0 Å². The number of rotatable bonds is 2. The van der Waals surface area contributed by atoms with Crippen LogP contribution in [0, 0.1) is 40.4 Å². The van der Waals surface area contributed by atoms with Gasteiger partial charge in [0.2, 0.25) is 0 Å². The normalized spacial score (nSPS) is 56.5. The number of hydrogen-bond donors (Lipinski definition) is 2. The maximum absolute atomic E-state index is 10.6. The largest absolute Gasteiger partial charge is 0.393 e. The molecule has 0 heterocycles. The molecule has 0 aliphatic heterocycles. The number of aliphatic hydroxyl groups is 2. The fraction of sp³-hybridized carbons (Fsp3) is 0.905. The molecule has 0 aromatic heterocycles. The van der Waals surface area contributed by atoms with Crippen molar-refractivity contribution in [2.45, 2.75) is 64.6 Å². The van der Waals surface area contributed by atoms with E-state index in [1.54, 1.807) is 0 Å². The van der Waals surface area contributed by atoms with Gasteiger partial charge in [0.05, 0.1) is 12.2 Å². The molecule has 4 rings (SSSR count). The van der Waals surface area contributed by atoms with Crippen molar-refractivity contribution in [3.63, 3.8) is 0 Å². The van der Waals surface area contributed by atoms with Crippen molar-refractivity contribution in [2.75, 3.05) is 13.7 Å². The fourth-order valence-electron chi connectivity index (χ4n) is 7.41. The molecule has 0 aromatic rings. The first-order chi connectivity index (χ1) is 11.4. The molecule has 136 valence electrons. The molecule has 4 aliphatic carbocycles. The van der Waals surface area contributed by atoms with E-state index in [4.69, 9.17) is 4.74 Å². The van der Waals surface area contributed by atoms with Crippen LogP contribution in [0.4, 0.5) is 0 Å². The highest BCUT2D eigenvalue weighted by Crippen LogP contribution is 2.66. The highest BCUT2D eigenvalue weighted by Gasteiger charge is 2.61. The molecule has 24 heavy (non-hydrogen) atoms. The maximum Gasteiger partial charge on any atom is 0.0724 e. The molecule has 4 aliphatic rings. The Morgan fingerprint density at radius 1 is 1.04 bits per heavy atom. The lowest BCUT2D eigenvalue weighted by atomic mass is 9.44. The van der Waals surface area contributed by atoms with Gasteiger partial charge in [0.1, 0.15) is 0 Å². The van der Waals surface area contributed by atoms with E-state index in [9.17, 15) is 10.2 Å². The molecule has 3 saturated carbocycles. The Hall–Kier alpha value is -0.380. The van der Waals surface area contributed by atoms with Crippen molar-refractivity contribution in [3.8, 4) is 0 Å². The molecule has 0 bridgehead atoms. The van der Waals surface area contributed by atoms with Crippen molar-refractivity contribution in [3.05, 3.63) is 12.2 Å². The van der Waals surface area contributed by atoms with Crippen LogP contribution in [0.3, 0.4) is 0 Å². The van der Waals surface area contributed by atoms with E-state index in [1.807, 2.05) is 13.2 Å². The van der Waals surface area contributed by atoms with E-state index < -0.39 is 0 Å². The van der Waals surface area contributed by atoms with E-state index in [2.05, 4.69) is 19.9 Å². The molecule has 0 spiro atoms. The summed E-state index contributed by atoms with van der Waals surface area (Å²) in [4.78, 5) is 0. The SMILES string of the molecule is COCC1CC2C(CCC3(C)C(O)CCC23)C2(C)C=CC(O)CC12. The zero-order valence-electron chi connectivity index (χ0n) is 15.4. The van der Waals surface area contributed by atoms with Gasteiger partial charge in [-0.1, -0.05) is 26.0 Å². The van der Waals surface area contributed by atoms with Gasteiger partial charge in [-0.25, -0.2) is 0 Å². The molecule has 3 fully saturated rings. The van der Waals surface area contributed by atoms with Crippen LogP contribution < -0.4 is 0 Å². The van der Waals surface area contributed by atoms with Crippen LogP contribution in [0.25, 0.3) is 0 Å². The van der Waals surface area contributed by atoms with Crippen LogP contribution in [0.1, 0.15) is 52.4 Å².